The SMILES string of the molecule is COC(=O)C1CCCC2=C1c1ccccc1OC2(C)C. The zero-order valence-electron chi connectivity index (χ0n) is 12.2. The largest absolute Gasteiger partial charge is 0.483 e. The molecule has 20 heavy (non-hydrogen) atoms. The first-order valence-electron chi connectivity index (χ1n) is 7.14. The van der Waals surface area contributed by atoms with Crippen LogP contribution in [0.15, 0.2) is 29.8 Å². The third-order valence-electron chi connectivity index (χ3n) is 4.35. The molecular weight excluding hydrogens is 252 g/mol. The molecule has 1 atom stereocenters. The van der Waals surface area contributed by atoms with Crippen LogP contribution in [0.25, 0.3) is 5.57 Å². The molecule has 0 amide bonds. The van der Waals surface area contributed by atoms with Crippen molar-refractivity contribution in [3.63, 3.8) is 0 Å². The molecular formula is C17H20O3. The highest BCUT2D eigenvalue weighted by Crippen LogP contribution is 2.49. The fourth-order valence-corrected chi connectivity index (χ4v) is 3.44. The van der Waals surface area contributed by atoms with Crippen molar-refractivity contribution in [2.45, 2.75) is 38.7 Å². The lowest BCUT2D eigenvalue weighted by molar-refractivity contribution is -0.143. The molecule has 0 aromatic heterocycles. The summed E-state index contributed by atoms with van der Waals surface area (Å²) in [5, 5.41) is 0. The number of rotatable bonds is 1. The molecule has 0 N–H and O–H groups in total. The minimum Gasteiger partial charge on any atom is -0.483 e. The predicted octanol–water partition coefficient (Wildman–Crippen LogP) is 3.58. The molecule has 3 rings (SSSR count). The molecule has 1 unspecified atom stereocenters. The van der Waals surface area contributed by atoms with E-state index in [1.807, 2.05) is 24.3 Å². The van der Waals surface area contributed by atoms with Crippen molar-refractivity contribution < 1.29 is 14.3 Å². The summed E-state index contributed by atoms with van der Waals surface area (Å²) in [5.74, 6) is 0.574. The van der Waals surface area contributed by atoms with Gasteiger partial charge >= 0.3 is 5.97 Å². The quantitative estimate of drug-likeness (QED) is 0.733. The molecule has 1 aliphatic heterocycles. The van der Waals surface area contributed by atoms with Crippen molar-refractivity contribution >= 4 is 11.5 Å². The van der Waals surface area contributed by atoms with Gasteiger partial charge in [0.15, 0.2) is 0 Å². The third-order valence-corrected chi connectivity index (χ3v) is 4.35. The fraction of sp³-hybridized carbons (Fsp3) is 0.471. The number of ether oxygens (including phenoxy) is 2. The van der Waals surface area contributed by atoms with Crippen LogP contribution in [0.1, 0.15) is 38.7 Å². The van der Waals surface area contributed by atoms with Crippen molar-refractivity contribution in [3.8, 4) is 5.75 Å². The maximum atomic E-state index is 12.1. The van der Waals surface area contributed by atoms with Gasteiger partial charge in [0.1, 0.15) is 11.4 Å². The Bertz CT molecular complexity index is 584. The number of benzene rings is 1. The van der Waals surface area contributed by atoms with Gasteiger partial charge in [0.2, 0.25) is 0 Å². The van der Waals surface area contributed by atoms with E-state index in [1.165, 1.54) is 12.7 Å². The molecule has 1 heterocycles. The summed E-state index contributed by atoms with van der Waals surface area (Å²) in [7, 11) is 1.47. The summed E-state index contributed by atoms with van der Waals surface area (Å²) in [6, 6.07) is 7.98. The number of esters is 1. The maximum absolute atomic E-state index is 12.1. The van der Waals surface area contributed by atoms with Gasteiger partial charge in [0, 0.05) is 5.56 Å². The predicted molar refractivity (Wildman–Crippen MR) is 77.4 cm³/mol. The van der Waals surface area contributed by atoms with Gasteiger partial charge in [-0.2, -0.15) is 0 Å². The van der Waals surface area contributed by atoms with Gasteiger partial charge in [-0.25, -0.2) is 0 Å². The summed E-state index contributed by atoms with van der Waals surface area (Å²) >= 11 is 0. The van der Waals surface area contributed by atoms with Crippen molar-refractivity contribution in [2.75, 3.05) is 7.11 Å². The molecule has 1 aliphatic carbocycles. The normalized spacial score (nSPS) is 23.4. The van der Waals surface area contributed by atoms with E-state index in [-0.39, 0.29) is 17.5 Å². The maximum Gasteiger partial charge on any atom is 0.313 e. The second kappa shape index (κ2) is 4.65. The fourth-order valence-electron chi connectivity index (χ4n) is 3.44. The lowest BCUT2D eigenvalue weighted by Gasteiger charge is -2.41. The van der Waals surface area contributed by atoms with Crippen LogP contribution in [-0.2, 0) is 9.53 Å². The first kappa shape index (κ1) is 13.2. The molecule has 0 bridgehead atoms. The highest BCUT2D eigenvalue weighted by molar-refractivity contribution is 5.92. The van der Waals surface area contributed by atoms with Crippen LogP contribution in [0.4, 0.5) is 0 Å². The Morgan fingerprint density at radius 1 is 1.35 bits per heavy atom. The van der Waals surface area contributed by atoms with E-state index in [0.717, 1.165) is 36.1 Å². The molecule has 0 spiro atoms. The summed E-state index contributed by atoms with van der Waals surface area (Å²) in [4.78, 5) is 12.1. The van der Waals surface area contributed by atoms with Gasteiger partial charge in [-0.1, -0.05) is 18.2 Å². The number of hydrogen-bond donors (Lipinski definition) is 0. The number of hydrogen-bond acceptors (Lipinski definition) is 3. The zero-order chi connectivity index (χ0) is 14.3. The monoisotopic (exact) mass is 272 g/mol. The summed E-state index contributed by atoms with van der Waals surface area (Å²) in [6.07, 6.45) is 2.85. The van der Waals surface area contributed by atoms with Crippen LogP contribution in [-0.4, -0.2) is 18.7 Å². The summed E-state index contributed by atoms with van der Waals surface area (Å²) in [5.41, 5.74) is 3.08. The number of carbonyl (C=O) groups is 1. The van der Waals surface area contributed by atoms with Gasteiger partial charge in [0.25, 0.3) is 0 Å². The van der Waals surface area contributed by atoms with E-state index < -0.39 is 0 Å². The second-order valence-electron chi connectivity index (χ2n) is 5.97. The Morgan fingerprint density at radius 3 is 2.85 bits per heavy atom. The first-order valence-corrected chi connectivity index (χ1v) is 7.14. The molecule has 106 valence electrons. The van der Waals surface area contributed by atoms with E-state index in [2.05, 4.69) is 13.8 Å². The summed E-state index contributed by atoms with van der Waals surface area (Å²) in [6.45, 7) is 4.16. The van der Waals surface area contributed by atoms with E-state index in [9.17, 15) is 4.79 Å². The van der Waals surface area contributed by atoms with Gasteiger partial charge in [-0.15, -0.1) is 0 Å². The van der Waals surface area contributed by atoms with Gasteiger partial charge in [-0.3, -0.25) is 4.79 Å². The third kappa shape index (κ3) is 1.92. The minimum absolute atomic E-state index is 0.135. The highest BCUT2D eigenvalue weighted by atomic mass is 16.5. The molecule has 1 aromatic rings. The molecule has 0 saturated carbocycles. The molecule has 0 saturated heterocycles. The van der Waals surface area contributed by atoms with Crippen LogP contribution >= 0.6 is 0 Å². The lowest BCUT2D eigenvalue weighted by atomic mass is 9.73. The molecule has 2 aliphatic rings. The Morgan fingerprint density at radius 2 is 2.10 bits per heavy atom. The Balaban J connectivity index is 2.20. The second-order valence-corrected chi connectivity index (χ2v) is 5.97. The van der Waals surface area contributed by atoms with E-state index in [1.54, 1.807) is 0 Å². The van der Waals surface area contributed by atoms with Crippen molar-refractivity contribution in [1.29, 1.82) is 0 Å². The van der Waals surface area contributed by atoms with Gasteiger partial charge < -0.3 is 9.47 Å². The average Bonchev–Trinajstić information content (AvgIpc) is 2.45. The van der Waals surface area contributed by atoms with Crippen LogP contribution in [0.2, 0.25) is 0 Å². The van der Waals surface area contributed by atoms with Crippen molar-refractivity contribution in [2.24, 2.45) is 5.92 Å². The number of carbonyl (C=O) groups excluding carboxylic acids is 1. The van der Waals surface area contributed by atoms with Crippen LogP contribution < -0.4 is 4.74 Å². The van der Waals surface area contributed by atoms with Crippen LogP contribution in [0.3, 0.4) is 0 Å². The Kier molecular flexibility index (Phi) is 3.08. The van der Waals surface area contributed by atoms with Crippen LogP contribution in [0.5, 0.6) is 5.75 Å². The standard InChI is InChI=1S/C17H20O3/c1-17(2)13-9-6-8-12(16(18)19-3)15(13)11-7-4-5-10-14(11)20-17/h4-5,7,10,12H,6,8-9H2,1-3H3. The van der Waals surface area contributed by atoms with Crippen molar-refractivity contribution in [1.82, 2.24) is 0 Å². The van der Waals surface area contributed by atoms with E-state index in [0.29, 0.717) is 0 Å². The number of fused-ring (bicyclic) bond motifs is 2. The van der Waals surface area contributed by atoms with Crippen LogP contribution in [0, 0.1) is 5.92 Å². The Hall–Kier alpha value is -1.77. The zero-order valence-corrected chi connectivity index (χ0v) is 12.2. The Labute approximate surface area is 119 Å². The number of para-hydroxylation sites is 1. The van der Waals surface area contributed by atoms with E-state index >= 15 is 0 Å². The molecule has 3 nitrogen and oxygen atoms in total. The topological polar surface area (TPSA) is 35.5 Å². The van der Waals surface area contributed by atoms with Gasteiger partial charge in [0.05, 0.1) is 13.0 Å². The highest BCUT2D eigenvalue weighted by Gasteiger charge is 2.41. The van der Waals surface area contributed by atoms with Crippen molar-refractivity contribution in [3.05, 3.63) is 35.4 Å². The van der Waals surface area contributed by atoms with Gasteiger partial charge in [-0.05, 0) is 50.3 Å². The molecule has 1 aromatic carbocycles. The average molecular weight is 272 g/mol. The lowest BCUT2D eigenvalue weighted by Crippen LogP contribution is -2.38. The summed E-state index contributed by atoms with van der Waals surface area (Å²) < 4.78 is 11.1. The smallest absolute Gasteiger partial charge is 0.313 e. The molecule has 3 heteroatoms. The minimum atomic E-state index is -0.351. The number of methoxy groups -OCH3 is 1. The first-order chi connectivity index (χ1) is 9.54. The molecule has 0 radical (unpaired) electrons. The molecule has 0 fully saturated rings. The van der Waals surface area contributed by atoms with E-state index in [4.69, 9.17) is 9.47 Å².